The number of rotatable bonds is 2. The van der Waals surface area contributed by atoms with Crippen LogP contribution in [0.1, 0.15) is 49.8 Å². The maximum Gasteiger partial charge on any atom is 0.254 e. The van der Waals surface area contributed by atoms with Crippen LogP contribution in [-0.4, -0.2) is 58.0 Å². The molecule has 3 aliphatic heterocycles. The maximum absolute atomic E-state index is 12.8. The van der Waals surface area contributed by atoms with Crippen molar-refractivity contribution in [2.75, 3.05) is 26.4 Å². The molecule has 126 valence electrons. The molecule has 7 heteroatoms. The van der Waals surface area contributed by atoms with Crippen molar-refractivity contribution in [3.8, 4) is 0 Å². The minimum absolute atomic E-state index is 0.0346. The standard InChI is InChI=1S/C16H24N4O3/c21-16(13-11-22-9-10-23-13)19-8-4-5-12(19)15-18-17-14-6-2-1-3-7-20(14)15/h12-13H,1-11H2/t12-,13-/m1/s1. The second kappa shape index (κ2) is 6.57. The lowest BCUT2D eigenvalue weighted by Gasteiger charge is -2.30. The molecule has 0 spiro atoms. The van der Waals surface area contributed by atoms with Crippen LogP contribution in [0.2, 0.25) is 0 Å². The first kappa shape index (κ1) is 15.1. The molecule has 0 N–H and O–H groups in total. The van der Waals surface area contributed by atoms with E-state index in [0.29, 0.717) is 19.8 Å². The van der Waals surface area contributed by atoms with Crippen molar-refractivity contribution >= 4 is 5.91 Å². The van der Waals surface area contributed by atoms with Crippen LogP contribution in [0.4, 0.5) is 0 Å². The maximum atomic E-state index is 12.8. The smallest absolute Gasteiger partial charge is 0.254 e. The minimum Gasteiger partial charge on any atom is -0.376 e. The molecule has 7 nitrogen and oxygen atoms in total. The molecule has 4 heterocycles. The summed E-state index contributed by atoms with van der Waals surface area (Å²) < 4.78 is 13.2. The average Bonchev–Trinajstić information content (AvgIpc) is 3.16. The predicted octanol–water partition coefficient (Wildman–Crippen LogP) is 1.08. The van der Waals surface area contributed by atoms with Crippen LogP contribution in [0, 0.1) is 0 Å². The molecule has 1 aromatic rings. The molecule has 0 aromatic carbocycles. The van der Waals surface area contributed by atoms with E-state index >= 15 is 0 Å². The van der Waals surface area contributed by atoms with Crippen molar-refractivity contribution in [1.29, 1.82) is 0 Å². The van der Waals surface area contributed by atoms with Gasteiger partial charge in [-0.15, -0.1) is 10.2 Å². The van der Waals surface area contributed by atoms with Crippen LogP contribution >= 0.6 is 0 Å². The van der Waals surface area contributed by atoms with Gasteiger partial charge in [-0.2, -0.15) is 0 Å². The van der Waals surface area contributed by atoms with E-state index in [0.717, 1.165) is 50.4 Å². The molecule has 23 heavy (non-hydrogen) atoms. The molecular formula is C16H24N4O3. The third-order valence-corrected chi connectivity index (χ3v) is 5.06. The van der Waals surface area contributed by atoms with Crippen LogP contribution < -0.4 is 0 Å². The zero-order valence-corrected chi connectivity index (χ0v) is 13.4. The molecule has 0 radical (unpaired) electrons. The highest BCUT2D eigenvalue weighted by atomic mass is 16.6. The molecule has 0 unspecified atom stereocenters. The zero-order chi connectivity index (χ0) is 15.6. The van der Waals surface area contributed by atoms with Gasteiger partial charge in [0.15, 0.2) is 11.9 Å². The number of fused-ring (bicyclic) bond motifs is 1. The first-order chi connectivity index (χ1) is 11.3. The van der Waals surface area contributed by atoms with Gasteiger partial charge in [0.05, 0.1) is 25.9 Å². The Bertz CT molecular complexity index is 568. The van der Waals surface area contributed by atoms with Crippen molar-refractivity contribution < 1.29 is 14.3 Å². The zero-order valence-electron chi connectivity index (χ0n) is 13.4. The van der Waals surface area contributed by atoms with Gasteiger partial charge in [-0.25, -0.2) is 0 Å². The van der Waals surface area contributed by atoms with Crippen molar-refractivity contribution in [2.45, 2.75) is 57.2 Å². The van der Waals surface area contributed by atoms with Crippen molar-refractivity contribution in [2.24, 2.45) is 0 Å². The topological polar surface area (TPSA) is 69.5 Å². The second-order valence-electron chi connectivity index (χ2n) is 6.56. The lowest BCUT2D eigenvalue weighted by molar-refractivity contribution is -0.159. The summed E-state index contributed by atoms with van der Waals surface area (Å²) in [6, 6.07) is 0.0346. The van der Waals surface area contributed by atoms with E-state index < -0.39 is 6.10 Å². The first-order valence-electron chi connectivity index (χ1n) is 8.76. The van der Waals surface area contributed by atoms with Gasteiger partial charge in [0.2, 0.25) is 0 Å². The Morgan fingerprint density at radius 2 is 2.04 bits per heavy atom. The predicted molar refractivity (Wildman–Crippen MR) is 81.8 cm³/mol. The summed E-state index contributed by atoms with van der Waals surface area (Å²) >= 11 is 0. The van der Waals surface area contributed by atoms with Crippen molar-refractivity contribution in [3.63, 3.8) is 0 Å². The second-order valence-corrected chi connectivity index (χ2v) is 6.56. The van der Waals surface area contributed by atoms with Crippen molar-refractivity contribution in [3.05, 3.63) is 11.6 Å². The molecule has 4 rings (SSSR count). The van der Waals surface area contributed by atoms with E-state index in [2.05, 4.69) is 14.8 Å². The number of carbonyl (C=O) groups is 1. The summed E-state index contributed by atoms with van der Waals surface area (Å²) in [5, 5.41) is 8.83. The molecule has 1 aromatic heterocycles. The normalized spacial score (nSPS) is 28.4. The fraction of sp³-hybridized carbons (Fsp3) is 0.812. The number of hydrogen-bond acceptors (Lipinski definition) is 5. The van der Waals surface area contributed by atoms with E-state index in [4.69, 9.17) is 9.47 Å². The van der Waals surface area contributed by atoms with Crippen LogP contribution in [0.25, 0.3) is 0 Å². The molecule has 0 aliphatic carbocycles. The Kier molecular flexibility index (Phi) is 4.31. The van der Waals surface area contributed by atoms with Crippen LogP contribution in [0.15, 0.2) is 0 Å². The number of aryl methyl sites for hydroxylation is 1. The Morgan fingerprint density at radius 3 is 2.91 bits per heavy atom. The quantitative estimate of drug-likeness (QED) is 0.816. The summed E-state index contributed by atoms with van der Waals surface area (Å²) in [5.41, 5.74) is 0. The van der Waals surface area contributed by atoms with E-state index in [1.165, 1.54) is 12.8 Å². The SMILES string of the molecule is O=C([C@H]1COCCO1)N1CCC[C@@H]1c1nnc2n1CCCCC2. The summed E-state index contributed by atoms with van der Waals surface area (Å²) in [6.07, 6.45) is 6.08. The first-order valence-corrected chi connectivity index (χ1v) is 8.76. The number of aromatic nitrogens is 3. The molecule has 2 fully saturated rings. The minimum atomic E-state index is -0.462. The highest BCUT2D eigenvalue weighted by Crippen LogP contribution is 2.33. The van der Waals surface area contributed by atoms with Gasteiger partial charge < -0.3 is 18.9 Å². The van der Waals surface area contributed by atoms with E-state index in [9.17, 15) is 4.79 Å². The summed E-state index contributed by atoms with van der Waals surface area (Å²) in [4.78, 5) is 14.7. The number of carbonyl (C=O) groups excluding carboxylic acids is 1. The Balaban J connectivity index is 1.56. The molecule has 2 atom stereocenters. The fourth-order valence-corrected chi connectivity index (χ4v) is 3.87. The lowest BCUT2D eigenvalue weighted by Crippen LogP contribution is -2.45. The summed E-state index contributed by atoms with van der Waals surface area (Å²) in [6.45, 7) is 3.17. The molecule has 0 bridgehead atoms. The highest BCUT2D eigenvalue weighted by Gasteiger charge is 2.38. The van der Waals surface area contributed by atoms with E-state index in [1.807, 2.05) is 4.90 Å². The average molecular weight is 320 g/mol. The van der Waals surface area contributed by atoms with E-state index in [-0.39, 0.29) is 11.9 Å². The fourth-order valence-electron chi connectivity index (χ4n) is 3.87. The summed E-state index contributed by atoms with van der Waals surface area (Å²) in [5.74, 6) is 2.08. The molecule has 1 amide bonds. The summed E-state index contributed by atoms with van der Waals surface area (Å²) in [7, 11) is 0. The van der Waals surface area contributed by atoms with E-state index in [1.54, 1.807) is 0 Å². The lowest BCUT2D eigenvalue weighted by atomic mass is 10.2. The Morgan fingerprint density at radius 1 is 1.09 bits per heavy atom. The Hall–Kier alpha value is -1.47. The third-order valence-electron chi connectivity index (χ3n) is 5.06. The van der Waals surface area contributed by atoms with Gasteiger partial charge in [-0.1, -0.05) is 6.42 Å². The van der Waals surface area contributed by atoms with Gasteiger partial charge in [0.25, 0.3) is 5.91 Å². The van der Waals surface area contributed by atoms with Crippen LogP contribution in [0.5, 0.6) is 0 Å². The monoisotopic (exact) mass is 320 g/mol. The molecule has 0 saturated carbocycles. The van der Waals surface area contributed by atoms with Gasteiger partial charge in [0.1, 0.15) is 5.82 Å². The molecular weight excluding hydrogens is 296 g/mol. The molecule has 2 saturated heterocycles. The van der Waals surface area contributed by atoms with Gasteiger partial charge >= 0.3 is 0 Å². The number of nitrogens with zero attached hydrogens (tertiary/aromatic N) is 4. The van der Waals surface area contributed by atoms with Crippen LogP contribution in [0.3, 0.4) is 0 Å². The van der Waals surface area contributed by atoms with Gasteiger partial charge in [-0.3, -0.25) is 4.79 Å². The molecule has 3 aliphatic rings. The number of amides is 1. The number of likely N-dealkylation sites (tertiary alicyclic amines) is 1. The van der Waals surface area contributed by atoms with Crippen molar-refractivity contribution in [1.82, 2.24) is 19.7 Å². The van der Waals surface area contributed by atoms with Crippen LogP contribution in [-0.2, 0) is 27.2 Å². The number of hydrogen-bond donors (Lipinski definition) is 0. The Labute approximate surface area is 135 Å². The third kappa shape index (κ3) is 2.87. The van der Waals surface area contributed by atoms with Gasteiger partial charge in [-0.05, 0) is 25.7 Å². The highest BCUT2D eigenvalue weighted by molar-refractivity contribution is 5.81. The van der Waals surface area contributed by atoms with Gasteiger partial charge in [0, 0.05) is 19.5 Å². The largest absolute Gasteiger partial charge is 0.376 e. The number of ether oxygens (including phenoxy) is 2.